The number of primary amides is 1. The van der Waals surface area contributed by atoms with Gasteiger partial charge in [-0.1, -0.05) is 13.8 Å². The molecule has 0 aromatic carbocycles. The second-order valence-electron chi connectivity index (χ2n) is 5.66. The lowest BCUT2D eigenvalue weighted by Gasteiger charge is -2.22. The highest BCUT2D eigenvalue weighted by atomic mass is 16.2. The molecule has 0 radical (unpaired) electrons. The minimum atomic E-state index is -0.860. The zero-order valence-electron chi connectivity index (χ0n) is 14.3. The maximum absolute atomic E-state index is 12.2. The standard InChI is InChI=1S/C14H28N6O4/c1-8(2)11(15)13(23)20-9(5-4-6-18-14(16)24)12(22)19-7-10(21)17-3/h8-9,11H,4-7,15H2,1-3H3,(H,17,21)(H,19,22)(H,20,23)(H3,16,18,24). The van der Waals surface area contributed by atoms with Crippen LogP contribution in [0.15, 0.2) is 0 Å². The molecule has 10 heteroatoms. The normalized spacial score (nSPS) is 12.9. The van der Waals surface area contributed by atoms with Crippen molar-refractivity contribution in [3.8, 4) is 0 Å². The largest absolute Gasteiger partial charge is 0.358 e. The molecule has 0 saturated carbocycles. The molecule has 24 heavy (non-hydrogen) atoms. The molecule has 0 aliphatic carbocycles. The Morgan fingerprint density at radius 2 is 1.67 bits per heavy atom. The lowest BCUT2D eigenvalue weighted by molar-refractivity contribution is -0.131. The predicted molar refractivity (Wildman–Crippen MR) is 88.6 cm³/mol. The molecule has 0 heterocycles. The Balaban J connectivity index is 4.68. The van der Waals surface area contributed by atoms with E-state index in [0.717, 1.165) is 0 Å². The fourth-order valence-corrected chi connectivity index (χ4v) is 1.74. The average molecular weight is 344 g/mol. The molecule has 5 amide bonds. The van der Waals surface area contributed by atoms with Crippen molar-refractivity contribution >= 4 is 23.8 Å². The number of nitrogens with one attached hydrogen (secondary N) is 4. The first kappa shape index (κ1) is 21.6. The Hall–Kier alpha value is -2.36. The van der Waals surface area contributed by atoms with E-state index in [2.05, 4.69) is 21.3 Å². The Labute approximate surface area is 141 Å². The number of hydrogen-bond donors (Lipinski definition) is 6. The number of carbonyl (C=O) groups is 4. The Kier molecular flexibility index (Phi) is 10.1. The number of amides is 5. The number of rotatable bonds is 10. The summed E-state index contributed by atoms with van der Waals surface area (Å²) in [5.41, 5.74) is 10.7. The van der Waals surface area contributed by atoms with E-state index >= 15 is 0 Å². The van der Waals surface area contributed by atoms with E-state index in [0.29, 0.717) is 6.42 Å². The molecule has 0 spiro atoms. The second-order valence-corrected chi connectivity index (χ2v) is 5.66. The van der Waals surface area contributed by atoms with E-state index in [-0.39, 0.29) is 31.3 Å². The summed E-state index contributed by atoms with van der Waals surface area (Å²) in [7, 11) is 1.45. The van der Waals surface area contributed by atoms with E-state index in [1.807, 2.05) is 0 Å². The third-order valence-electron chi connectivity index (χ3n) is 3.32. The fourth-order valence-electron chi connectivity index (χ4n) is 1.74. The molecule has 10 nitrogen and oxygen atoms in total. The molecule has 0 rings (SSSR count). The minimum absolute atomic E-state index is 0.0869. The van der Waals surface area contributed by atoms with Crippen LogP contribution in [-0.4, -0.2) is 56.0 Å². The predicted octanol–water partition coefficient (Wildman–Crippen LogP) is -2.23. The van der Waals surface area contributed by atoms with E-state index in [9.17, 15) is 19.2 Å². The van der Waals surface area contributed by atoms with Crippen molar-refractivity contribution in [3.05, 3.63) is 0 Å². The highest BCUT2D eigenvalue weighted by molar-refractivity contribution is 5.91. The first-order chi connectivity index (χ1) is 11.2. The summed E-state index contributed by atoms with van der Waals surface area (Å²) in [6.07, 6.45) is 0.675. The van der Waals surface area contributed by atoms with Gasteiger partial charge in [0.25, 0.3) is 0 Å². The molecule has 2 atom stereocenters. The van der Waals surface area contributed by atoms with Crippen LogP contribution >= 0.6 is 0 Å². The van der Waals surface area contributed by atoms with E-state index in [4.69, 9.17) is 11.5 Å². The Morgan fingerprint density at radius 1 is 1.04 bits per heavy atom. The van der Waals surface area contributed by atoms with Crippen LogP contribution in [0.1, 0.15) is 26.7 Å². The molecule has 2 unspecified atom stereocenters. The number of hydrogen-bond acceptors (Lipinski definition) is 5. The molecule has 0 aliphatic rings. The first-order valence-corrected chi connectivity index (χ1v) is 7.76. The lowest BCUT2D eigenvalue weighted by Crippen LogP contribution is -2.53. The summed E-state index contributed by atoms with van der Waals surface area (Å²) in [5, 5.41) is 9.79. The molecule has 0 saturated heterocycles. The van der Waals surface area contributed by atoms with Crippen LogP contribution in [0.5, 0.6) is 0 Å². The second kappa shape index (κ2) is 11.2. The Morgan fingerprint density at radius 3 is 2.17 bits per heavy atom. The monoisotopic (exact) mass is 344 g/mol. The van der Waals surface area contributed by atoms with Gasteiger partial charge in [-0.2, -0.15) is 0 Å². The van der Waals surface area contributed by atoms with Crippen molar-refractivity contribution < 1.29 is 19.2 Å². The molecular formula is C14H28N6O4. The molecular weight excluding hydrogens is 316 g/mol. The van der Waals surface area contributed by atoms with Gasteiger partial charge in [-0.15, -0.1) is 0 Å². The van der Waals surface area contributed by atoms with Crippen molar-refractivity contribution in [1.82, 2.24) is 21.3 Å². The van der Waals surface area contributed by atoms with Crippen molar-refractivity contribution in [2.75, 3.05) is 20.1 Å². The van der Waals surface area contributed by atoms with E-state index in [1.54, 1.807) is 13.8 Å². The van der Waals surface area contributed by atoms with Gasteiger partial charge in [-0.05, 0) is 18.8 Å². The highest BCUT2D eigenvalue weighted by Gasteiger charge is 2.25. The minimum Gasteiger partial charge on any atom is -0.358 e. The van der Waals surface area contributed by atoms with Crippen LogP contribution in [0.25, 0.3) is 0 Å². The van der Waals surface area contributed by atoms with Crippen molar-refractivity contribution in [1.29, 1.82) is 0 Å². The Bertz CT molecular complexity index is 455. The average Bonchev–Trinajstić information content (AvgIpc) is 2.53. The van der Waals surface area contributed by atoms with Gasteiger partial charge in [-0.25, -0.2) is 4.79 Å². The third kappa shape index (κ3) is 8.93. The molecule has 8 N–H and O–H groups in total. The van der Waals surface area contributed by atoms with Crippen molar-refractivity contribution in [2.24, 2.45) is 17.4 Å². The summed E-state index contributed by atoms with van der Waals surface area (Å²) >= 11 is 0. The zero-order valence-corrected chi connectivity index (χ0v) is 14.3. The molecule has 138 valence electrons. The maximum atomic E-state index is 12.2. The molecule has 0 aromatic heterocycles. The topological polar surface area (TPSA) is 168 Å². The number of likely N-dealkylation sites (N-methyl/N-ethyl adjacent to an activating group) is 1. The summed E-state index contributed by atoms with van der Waals surface area (Å²) in [4.78, 5) is 46.0. The van der Waals surface area contributed by atoms with Crippen LogP contribution in [0.4, 0.5) is 4.79 Å². The van der Waals surface area contributed by atoms with Crippen molar-refractivity contribution in [2.45, 2.75) is 38.8 Å². The molecule has 0 bridgehead atoms. The number of nitrogens with two attached hydrogens (primary N) is 2. The van der Waals surface area contributed by atoms with Crippen LogP contribution in [0.2, 0.25) is 0 Å². The van der Waals surface area contributed by atoms with Gasteiger partial charge in [0.1, 0.15) is 6.04 Å². The number of urea groups is 1. The molecule has 0 aromatic rings. The quantitative estimate of drug-likeness (QED) is 0.246. The fraction of sp³-hybridized carbons (Fsp3) is 0.714. The molecule has 0 aliphatic heterocycles. The van der Waals surface area contributed by atoms with Gasteiger partial charge in [-0.3, -0.25) is 14.4 Å². The van der Waals surface area contributed by atoms with Gasteiger partial charge in [0, 0.05) is 13.6 Å². The smallest absolute Gasteiger partial charge is 0.312 e. The summed E-state index contributed by atoms with van der Waals surface area (Å²) < 4.78 is 0. The van der Waals surface area contributed by atoms with Crippen LogP contribution in [0, 0.1) is 5.92 Å². The van der Waals surface area contributed by atoms with Gasteiger partial charge < -0.3 is 32.7 Å². The summed E-state index contributed by atoms with van der Waals surface area (Å²) in [6.45, 7) is 3.65. The van der Waals surface area contributed by atoms with Gasteiger partial charge in [0.05, 0.1) is 12.6 Å². The van der Waals surface area contributed by atoms with Crippen LogP contribution < -0.4 is 32.7 Å². The first-order valence-electron chi connectivity index (χ1n) is 7.76. The maximum Gasteiger partial charge on any atom is 0.312 e. The zero-order chi connectivity index (χ0) is 18.7. The summed E-state index contributed by atoms with van der Waals surface area (Å²) in [6, 6.07) is -2.27. The molecule has 0 fully saturated rings. The van der Waals surface area contributed by atoms with E-state index < -0.39 is 29.9 Å². The van der Waals surface area contributed by atoms with Gasteiger partial charge >= 0.3 is 6.03 Å². The lowest BCUT2D eigenvalue weighted by atomic mass is 10.0. The summed E-state index contributed by atoms with van der Waals surface area (Å²) in [5.74, 6) is -1.39. The van der Waals surface area contributed by atoms with Crippen LogP contribution in [-0.2, 0) is 14.4 Å². The van der Waals surface area contributed by atoms with E-state index in [1.165, 1.54) is 7.05 Å². The number of carbonyl (C=O) groups excluding carboxylic acids is 4. The van der Waals surface area contributed by atoms with Crippen LogP contribution in [0.3, 0.4) is 0 Å². The highest BCUT2D eigenvalue weighted by Crippen LogP contribution is 2.02. The SMILES string of the molecule is CNC(=O)CNC(=O)C(CCCNC(N)=O)NC(=O)C(N)C(C)C. The third-order valence-corrected chi connectivity index (χ3v) is 3.32. The van der Waals surface area contributed by atoms with Crippen molar-refractivity contribution in [3.63, 3.8) is 0 Å². The van der Waals surface area contributed by atoms with Gasteiger partial charge in [0.15, 0.2) is 0 Å². The van der Waals surface area contributed by atoms with Gasteiger partial charge in [0.2, 0.25) is 17.7 Å².